The molecule has 1 aromatic rings. The van der Waals surface area contributed by atoms with Gasteiger partial charge >= 0.3 is 12.1 Å². The summed E-state index contributed by atoms with van der Waals surface area (Å²) in [4.78, 5) is 43.0. The maximum Gasteiger partial charge on any atom is 0.417 e. The van der Waals surface area contributed by atoms with Crippen molar-refractivity contribution in [3.63, 3.8) is 0 Å². The van der Waals surface area contributed by atoms with Crippen LogP contribution in [0.25, 0.3) is 0 Å². The lowest BCUT2D eigenvalue weighted by Gasteiger charge is -2.19. The predicted octanol–water partition coefficient (Wildman–Crippen LogP) is 2.75. The summed E-state index contributed by atoms with van der Waals surface area (Å²) in [5.74, 6) is -0.850. The zero-order valence-corrected chi connectivity index (χ0v) is 28.7. The number of carbonyl (C=O) groups is 3. The molecule has 1 N–H and O–H groups in total. The van der Waals surface area contributed by atoms with Crippen molar-refractivity contribution >= 4 is 18.0 Å². The molecule has 2 rings (SSSR count). The van der Waals surface area contributed by atoms with E-state index in [1.165, 1.54) is 77.6 Å². The molecule has 1 aromatic heterocycles. The van der Waals surface area contributed by atoms with Crippen molar-refractivity contribution in [2.75, 3.05) is 19.8 Å². The van der Waals surface area contributed by atoms with Crippen molar-refractivity contribution in [1.82, 2.24) is 10.4 Å². The minimum Gasteiger partial charge on any atom is -1.00 e. The molecule has 246 valence electrons. The molecule has 1 fully saturated rings. The first-order valence-electron chi connectivity index (χ1n) is 16.1. The van der Waals surface area contributed by atoms with Crippen LogP contribution in [0.15, 0.2) is 24.4 Å². The number of rotatable bonds is 22. The van der Waals surface area contributed by atoms with Gasteiger partial charge in [0.15, 0.2) is 12.5 Å². The van der Waals surface area contributed by atoms with E-state index in [-0.39, 0.29) is 50.2 Å². The lowest BCUT2D eigenvalue weighted by atomic mass is 10.0. The van der Waals surface area contributed by atoms with E-state index < -0.39 is 30.4 Å². The zero-order chi connectivity index (χ0) is 30.4. The Morgan fingerprint density at radius 2 is 1.58 bits per heavy atom. The number of hydrogen-bond acceptors (Lipinski definition) is 8. The predicted molar refractivity (Wildman–Crippen MR) is 159 cm³/mol. The molecular formula is C32H54IN3O7. The van der Waals surface area contributed by atoms with Gasteiger partial charge in [-0.1, -0.05) is 90.0 Å². The highest BCUT2D eigenvalue weighted by molar-refractivity contribution is 5.90. The molecule has 2 heterocycles. The van der Waals surface area contributed by atoms with Gasteiger partial charge in [0.1, 0.15) is 19.7 Å². The van der Waals surface area contributed by atoms with Gasteiger partial charge in [0.2, 0.25) is 11.6 Å². The second-order valence-electron chi connectivity index (χ2n) is 11.0. The molecule has 0 bridgehead atoms. The number of nitrogens with zero attached hydrogens (tertiary/aromatic N) is 2. The molecule has 0 spiro atoms. The van der Waals surface area contributed by atoms with Crippen LogP contribution in [0, 0.1) is 0 Å². The van der Waals surface area contributed by atoms with Gasteiger partial charge in [-0.05, 0) is 13.3 Å². The monoisotopic (exact) mass is 719 g/mol. The minimum atomic E-state index is -0.809. The molecule has 11 heteroatoms. The average Bonchev–Trinajstić information content (AvgIpc) is 3.43. The molecule has 1 saturated heterocycles. The quantitative estimate of drug-likeness (QED) is 0.0845. The summed E-state index contributed by atoms with van der Waals surface area (Å²) in [7, 11) is 0. The maximum atomic E-state index is 12.6. The lowest BCUT2D eigenvalue weighted by Crippen LogP contribution is -3.00. The Bertz CT molecular complexity index is 921. The summed E-state index contributed by atoms with van der Waals surface area (Å²) in [6.45, 7) is 6.98. The third kappa shape index (κ3) is 17.3. The number of aromatic nitrogens is 1. The Kier molecular flexibility index (Phi) is 22.3. The van der Waals surface area contributed by atoms with Gasteiger partial charge in [-0.2, -0.15) is 5.48 Å². The maximum absolute atomic E-state index is 12.6. The highest BCUT2D eigenvalue weighted by atomic mass is 127. The van der Waals surface area contributed by atoms with Crippen molar-refractivity contribution in [2.45, 2.75) is 136 Å². The standard InChI is InChI=1S/C32H54N3O7.HI/c1-4-6-7-8-9-10-11-12-13-14-15-16-18-21-33-42-30(37)23-29-25-39-31(41-29)26-40-32(38)35(27(3)36)24-28-20-17-19-22-34(28)5-2;/h17,19-20,22,29,31,33H,4-16,18,21,23-26H2,1-3H3;1H/q+1;/p-1. The van der Waals surface area contributed by atoms with Crippen LogP contribution in [0.5, 0.6) is 0 Å². The normalized spacial score (nSPS) is 16.0. The summed E-state index contributed by atoms with van der Waals surface area (Å²) in [5, 5.41) is 0. The molecule has 2 atom stereocenters. The molecule has 0 aromatic carbocycles. The van der Waals surface area contributed by atoms with Crippen LogP contribution < -0.4 is 34.0 Å². The van der Waals surface area contributed by atoms with Crippen molar-refractivity contribution in [1.29, 1.82) is 0 Å². The SMILES string of the molecule is CCCCCCCCCCCCCCCNOC(=O)CC1COC(COC(=O)N(Cc2cccc[n+]2CC)C(C)=O)O1.[I-]. The Hall–Kier alpha value is -1.83. The van der Waals surface area contributed by atoms with Gasteiger partial charge in [-0.3, -0.25) is 9.59 Å². The number of imide groups is 1. The number of pyridine rings is 1. The molecule has 0 radical (unpaired) electrons. The van der Waals surface area contributed by atoms with E-state index in [0.717, 1.165) is 23.4 Å². The molecule has 2 unspecified atom stereocenters. The summed E-state index contributed by atoms with van der Waals surface area (Å²) < 4.78 is 18.4. The summed E-state index contributed by atoms with van der Waals surface area (Å²) in [5.41, 5.74) is 3.55. The number of carbonyl (C=O) groups excluding carboxylic acids is 3. The Labute approximate surface area is 275 Å². The van der Waals surface area contributed by atoms with E-state index >= 15 is 0 Å². The smallest absolute Gasteiger partial charge is 0.417 e. The largest absolute Gasteiger partial charge is 1.00 e. The highest BCUT2D eigenvalue weighted by Crippen LogP contribution is 2.16. The lowest BCUT2D eigenvalue weighted by molar-refractivity contribution is -0.701. The van der Waals surface area contributed by atoms with E-state index in [9.17, 15) is 14.4 Å². The first kappa shape index (κ1) is 39.2. The third-order valence-electron chi connectivity index (χ3n) is 7.41. The second kappa shape index (κ2) is 24.5. The number of amides is 2. The molecule has 43 heavy (non-hydrogen) atoms. The molecule has 0 aliphatic carbocycles. The van der Waals surface area contributed by atoms with Crippen LogP contribution in [0.3, 0.4) is 0 Å². The highest BCUT2D eigenvalue weighted by Gasteiger charge is 2.31. The van der Waals surface area contributed by atoms with Gasteiger partial charge in [-0.15, -0.1) is 0 Å². The Morgan fingerprint density at radius 1 is 0.953 bits per heavy atom. The number of ether oxygens (including phenoxy) is 3. The summed E-state index contributed by atoms with van der Waals surface area (Å²) >= 11 is 0. The topological polar surface area (TPSA) is 107 Å². The van der Waals surface area contributed by atoms with Gasteiger partial charge in [0, 0.05) is 25.6 Å². The van der Waals surface area contributed by atoms with Crippen molar-refractivity contribution in [3.05, 3.63) is 30.1 Å². The van der Waals surface area contributed by atoms with E-state index in [1.807, 2.05) is 35.9 Å². The fraction of sp³-hybridized carbons (Fsp3) is 0.750. The van der Waals surface area contributed by atoms with Crippen molar-refractivity contribution in [2.24, 2.45) is 0 Å². The van der Waals surface area contributed by atoms with Crippen LogP contribution in [0.1, 0.15) is 116 Å². The van der Waals surface area contributed by atoms with E-state index in [2.05, 4.69) is 12.4 Å². The van der Waals surface area contributed by atoms with Gasteiger partial charge in [0.05, 0.1) is 19.1 Å². The fourth-order valence-electron chi connectivity index (χ4n) is 4.92. The van der Waals surface area contributed by atoms with Gasteiger partial charge in [-0.25, -0.2) is 14.3 Å². The summed E-state index contributed by atoms with van der Waals surface area (Å²) in [6.07, 6.45) is 16.6. The van der Waals surface area contributed by atoms with Crippen LogP contribution >= 0.6 is 0 Å². The third-order valence-corrected chi connectivity index (χ3v) is 7.41. The number of nitrogens with one attached hydrogen (secondary N) is 1. The van der Waals surface area contributed by atoms with Crippen molar-refractivity contribution < 1.29 is 62.0 Å². The van der Waals surface area contributed by atoms with Gasteiger partial charge < -0.3 is 43.0 Å². The zero-order valence-electron chi connectivity index (χ0n) is 26.5. The van der Waals surface area contributed by atoms with Crippen LogP contribution in [-0.4, -0.2) is 55.0 Å². The van der Waals surface area contributed by atoms with E-state index in [1.54, 1.807) is 0 Å². The summed E-state index contributed by atoms with van der Waals surface area (Å²) in [6, 6.07) is 5.60. The molecular weight excluding hydrogens is 665 g/mol. The second-order valence-corrected chi connectivity index (χ2v) is 11.0. The fourth-order valence-corrected chi connectivity index (χ4v) is 4.92. The molecule has 10 nitrogen and oxygen atoms in total. The Morgan fingerprint density at radius 3 is 2.19 bits per heavy atom. The first-order chi connectivity index (χ1) is 20.4. The number of hydrogen-bond donors (Lipinski definition) is 1. The Balaban J connectivity index is 0.00000924. The van der Waals surface area contributed by atoms with Crippen LogP contribution in [0.4, 0.5) is 4.79 Å². The number of hydroxylamine groups is 1. The average molecular weight is 720 g/mol. The van der Waals surface area contributed by atoms with Crippen molar-refractivity contribution in [3.8, 4) is 0 Å². The van der Waals surface area contributed by atoms with E-state index in [4.69, 9.17) is 19.0 Å². The van der Waals surface area contributed by atoms with Gasteiger partial charge in [0.25, 0.3) is 0 Å². The van der Waals surface area contributed by atoms with Crippen LogP contribution in [0.2, 0.25) is 0 Å². The molecule has 1 aliphatic heterocycles. The first-order valence-corrected chi connectivity index (χ1v) is 16.1. The number of halogens is 1. The number of aryl methyl sites for hydroxylation is 1. The minimum absolute atomic E-state index is 0. The molecule has 0 saturated carbocycles. The van der Waals surface area contributed by atoms with E-state index in [0.29, 0.717) is 13.1 Å². The van der Waals surface area contributed by atoms with Crippen LogP contribution in [-0.2, 0) is 41.7 Å². The number of unbranched alkanes of at least 4 members (excludes halogenated alkanes) is 12. The molecule has 2 amide bonds. The molecule has 1 aliphatic rings.